The Morgan fingerprint density at radius 3 is 2.61 bits per heavy atom. The van der Waals surface area contributed by atoms with Gasteiger partial charge in [-0.15, -0.1) is 0 Å². The van der Waals surface area contributed by atoms with Crippen molar-refractivity contribution in [2.75, 3.05) is 18.5 Å². The number of hydrogen-bond acceptors (Lipinski definition) is 3. The minimum absolute atomic E-state index is 0.0164. The van der Waals surface area contributed by atoms with Crippen LogP contribution in [0.1, 0.15) is 50.8 Å². The molecule has 0 bridgehead atoms. The van der Waals surface area contributed by atoms with Crippen LogP contribution in [0.2, 0.25) is 0 Å². The van der Waals surface area contributed by atoms with Crippen molar-refractivity contribution in [2.24, 2.45) is 11.7 Å². The van der Waals surface area contributed by atoms with Crippen molar-refractivity contribution >= 4 is 5.69 Å². The molecule has 1 aromatic rings. The van der Waals surface area contributed by atoms with Crippen LogP contribution in [0.15, 0.2) is 18.3 Å². The second-order valence-electron chi connectivity index (χ2n) is 5.61. The maximum atomic E-state index is 5.81. The van der Waals surface area contributed by atoms with Crippen molar-refractivity contribution in [3.8, 4) is 0 Å². The number of hydrogen-bond donors (Lipinski definition) is 1. The van der Waals surface area contributed by atoms with Crippen LogP contribution >= 0.6 is 0 Å². The molecule has 1 aliphatic carbocycles. The SMILES string of the molecule is CC(N)c1ccc(N(C)CC2CCCCC2)cn1. The Balaban J connectivity index is 1.93. The molecule has 1 fully saturated rings. The Hall–Kier alpha value is -1.09. The summed E-state index contributed by atoms with van der Waals surface area (Å²) in [6, 6.07) is 4.19. The van der Waals surface area contributed by atoms with E-state index in [4.69, 9.17) is 5.73 Å². The van der Waals surface area contributed by atoms with Crippen LogP contribution < -0.4 is 10.6 Å². The maximum absolute atomic E-state index is 5.81. The van der Waals surface area contributed by atoms with Crippen LogP contribution in [0.5, 0.6) is 0 Å². The Bertz CT molecular complexity index is 353. The standard InChI is InChI=1S/C15H25N3/c1-12(16)15-9-8-14(10-17-15)18(2)11-13-6-4-3-5-7-13/h8-10,12-13H,3-7,11,16H2,1-2H3. The number of aromatic nitrogens is 1. The Morgan fingerprint density at radius 2 is 2.06 bits per heavy atom. The molecule has 0 saturated heterocycles. The first-order valence-electron chi connectivity index (χ1n) is 7.09. The quantitative estimate of drug-likeness (QED) is 0.889. The summed E-state index contributed by atoms with van der Waals surface area (Å²) in [7, 11) is 2.16. The van der Waals surface area contributed by atoms with E-state index in [2.05, 4.69) is 23.0 Å². The van der Waals surface area contributed by atoms with Crippen molar-refractivity contribution in [3.63, 3.8) is 0 Å². The summed E-state index contributed by atoms with van der Waals surface area (Å²) in [4.78, 5) is 6.75. The normalized spacial score (nSPS) is 18.6. The van der Waals surface area contributed by atoms with E-state index in [0.29, 0.717) is 0 Å². The van der Waals surface area contributed by atoms with E-state index in [0.717, 1.165) is 18.2 Å². The molecule has 2 N–H and O–H groups in total. The molecule has 0 amide bonds. The van der Waals surface area contributed by atoms with Gasteiger partial charge in [0.25, 0.3) is 0 Å². The summed E-state index contributed by atoms with van der Waals surface area (Å²) < 4.78 is 0. The third kappa shape index (κ3) is 3.45. The molecule has 18 heavy (non-hydrogen) atoms. The average Bonchev–Trinajstić information content (AvgIpc) is 2.40. The van der Waals surface area contributed by atoms with Gasteiger partial charge in [-0.3, -0.25) is 4.98 Å². The number of anilines is 1. The summed E-state index contributed by atoms with van der Waals surface area (Å²) in [5.41, 5.74) is 7.98. The van der Waals surface area contributed by atoms with Gasteiger partial charge in [-0.1, -0.05) is 19.3 Å². The minimum atomic E-state index is 0.0164. The Morgan fingerprint density at radius 1 is 1.33 bits per heavy atom. The van der Waals surface area contributed by atoms with E-state index in [-0.39, 0.29) is 6.04 Å². The van der Waals surface area contributed by atoms with E-state index >= 15 is 0 Å². The second-order valence-corrected chi connectivity index (χ2v) is 5.61. The largest absolute Gasteiger partial charge is 0.373 e. The third-order valence-electron chi connectivity index (χ3n) is 3.93. The molecule has 1 aliphatic rings. The highest BCUT2D eigenvalue weighted by Crippen LogP contribution is 2.25. The predicted octanol–water partition coefficient (Wildman–Crippen LogP) is 3.12. The topological polar surface area (TPSA) is 42.1 Å². The van der Waals surface area contributed by atoms with Gasteiger partial charge in [0.05, 0.1) is 17.6 Å². The zero-order valence-electron chi connectivity index (χ0n) is 11.6. The van der Waals surface area contributed by atoms with Crippen LogP contribution in [0.3, 0.4) is 0 Å². The van der Waals surface area contributed by atoms with Gasteiger partial charge in [-0.05, 0) is 37.8 Å². The molecule has 1 unspecified atom stereocenters. The predicted molar refractivity (Wildman–Crippen MR) is 76.7 cm³/mol. The molecule has 3 nitrogen and oxygen atoms in total. The van der Waals surface area contributed by atoms with Gasteiger partial charge in [0.1, 0.15) is 0 Å². The number of nitrogens with two attached hydrogens (primary N) is 1. The second kappa shape index (κ2) is 6.19. The number of rotatable bonds is 4. The van der Waals surface area contributed by atoms with Crippen molar-refractivity contribution in [3.05, 3.63) is 24.0 Å². The van der Waals surface area contributed by atoms with Gasteiger partial charge in [0.2, 0.25) is 0 Å². The fourth-order valence-corrected chi connectivity index (χ4v) is 2.76. The molecule has 1 aromatic heterocycles. The average molecular weight is 247 g/mol. The zero-order valence-corrected chi connectivity index (χ0v) is 11.6. The monoisotopic (exact) mass is 247 g/mol. The summed E-state index contributed by atoms with van der Waals surface area (Å²) in [5.74, 6) is 0.858. The summed E-state index contributed by atoms with van der Waals surface area (Å²) in [6.07, 6.45) is 8.94. The lowest BCUT2D eigenvalue weighted by Crippen LogP contribution is -2.27. The van der Waals surface area contributed by atoms with Crippen molar-refractivity contribution < 1.29 is 0 Å². The number of pyridine rings is 1. The molecule has 100 valence electrons. The fraction of sp³-hybridized carbons (Fsp3) is 0.667. The lowest BCUT2D eigenvalue weighted by molar-refractivity contribution is 0.362. The molecule has 0 aromatic carbocycles. The van der Waals surface area contributed by atoms with Crippen LogP contribution in [0.4, 0.5) is 5.69 Å². The van der Waals surface area contributed by atoms with Gasteiger partial charge < -0.3 is 10.6 Å². The highest BCUT2D eigenvalue weighted by molar-refractivity contribution is 5.43. The van der Waals surface area contributed by atoms with E-state index in [1.807, 2.05) is 19.2 Å². The van der Waals surface area contributed by atoms with Crippen LogP contribution in [-0.4, -0.2) is 18.6 Å². The zero-order chi connectivity index (χ0) is 13.0. The Kier molecular flexibility index (Phi) is 4.59. The molecule has 1 saturated carbocycles. The molecular weight excluding hydrogens is 222 g/mol. The lowest BCUT2D eigenvalue weighted by atomic mass is 9.89. The molecule has 0 aliphatic heterocycles. The molecule has 3 heteroatoms. The van der Waals surface area contributed by atoms with Gasteiger partial charge in [-0.2, -0.15) is 0 Å². The van der Waals surface area contributed by atoms with Gasteiger partial charge >= 0.3 is 0 Å². The highest BCUT2D eigenvalue weighted by Gasteiger charge is 2.15. The Labute approximate surface area is 110 Å². The van der Waals surface area contributed by atoms with E-state index in [9.17, 15) is 0 Å². The van der Waals surface area contributed by atoms with Gasteiger partial charge in [0.15, 0.2) is 0 Å². The molecule has 0 radical (unpaired) electrons. The summed E-state index contributed by atoms with van der Waals surface area (Å²) in [5, 5.41) is 0. The van der Waals surface area contributed by atoms with Crippen molar-refractivity contribution in [1.29, 1.82) is 0 Å². The summed E-state index contributed by atoms with van der Waals surface area (Å²) in [6.45, 7) is 3.12. The lowest BCUT2D eigenvalue weighted by Gasteiger charge is -2.28. The van der Waals surface area contributed by atoms with Crippen LogP contribution in [0.25, 0.3) is 0 Å². The first kappa shape index (κ1) is 13.3. The van der Waals surface area contributed by atoms with E-state index < -0.39 is 0 Å². The van der Waals surface area contributed by atoms with E-state index in [1.165, 1.54) is 37.8 Å². The van der Waals surface area contributed by atoms with Crippen molar-refractivity contribution in [2.45, 2.75) is 45.1 Å². The van der Waals surface area contributed by atoms with Gasteiger partial charge in [-0.25, -0.2) is 0 Å². The van der Waals surface area contributed by atoms with Crippen LogP contribution in [-0.2, 0) is 0 Å². The molecule has 1 atom stereocenters. The first-order chi connectivity index (χ1) is 8.66. The number of nitrogens with zero attached hydrogens (tertiary/aromatic N) is 2. The molecule has 2 rings (SSSR count). The first-order valence-corrected chi connectivity index (χ1v) is 7.09. The smallest absolute Gasteiger partial charge is 0.0569 e. The molecule has 1 heterocycles. The fourth-order valence-electron chi connectivity index (χ4n) is 2.76. The van der Waals surface area contributed by atoms with Crippen LogP contribution in [0, 0.1) is 5.92 Å². The maximum Gasteiger partial charge on any atom is 0.0569 e. The minimum Gasteiger partial charge on any atom is -0.373 e. The van der Waals surface area contributed by atoms with E-state index in [1.54, 1.807) is 0 Å². The van der Waals surface area contributed by atoms with Crippen molar-refractivity contribution in [1.82, 2.24) is 4.98 Å². The van der Waals surface area contributed by atoms with Gasteiger partial charge in [0, 0.05) is 19.6 Å². The molecular formula is C15H25N3. The third-order valence-corrected chi connectivity index (χ3v) is 3.93. The highest BCUT2D eigenvalue weighted by atomic mass is 15.1. The molecule has 0 spiro atoms. The summed E-state index contributed by atoms with van der Waals surface area (Å²) >= 11 is 0.